The van der Waals surface area contributed by atoms with Crippen LogP contribution in [0.15, 0.2) is 0 Å². The minimum absolute atomic E-state index is 0. The second-order valence-corrected chi connectivity index (χ2v) is 2.85. The van der Waals surface area contributed by atoms with Gasteiger partial charge in [0.2, 0.25) is 0 Å². The van der Waals surface area contributed by atoms with Gasteiger partial charge in [0.1, 0.15) is 0 Å². The Morgan fingerprint density at radius 1 is 0.929 bits per heavy atom. The fourth-order valence-corrected chi connectivity index (χ4v) is 1.05. The first-order valence-electron chi connectivity index (χ1n) is 4.33. The van der Waals surface area contributed by atoms with Gasteiger partial charge in [-0.3, -0.25) is 0 Å². The van der Waals surface area contributed by atoms with Crippen molar-refractivity contribution >= 4 is 0 Å². The van der Waals surface area contributed by atoms with E-state index in [1.54, 1.807) is 0 Å². The first-order valence-corrected chi connectivity index (χ1v) is 4.33. The average Bonchev–Trinajstić information content (AvgIpc) is 2.76. The van der Waals surface area contributed by atoms with Crippen LogP contribution in [0.1, 0.15) is 6.92 Å². The quantitative estimate of drug-likeness (QED) is 0.681. The zero-order chi connectivity index (χ0) is 9.52. The van der Waals surface area contributed by atoms with Gasteiger partial charge in [0.15, 0.2) is 0 Å². The van der Waals surface area contributed by atoms with Gasteiger partial charge < -0.3 is 5.11 Å². The van der Waals surface area contributed by atoms with Gasteiger partial charge >= 0.3 is 17.1 Å². The van der Waals surface area contributed by atoms with E-state index in [0.29, 0.717) is 0 Å². The maximum Gasteiger partial charge on any atom is 2.00 e. The molecule has 0 spiro atoms. The Kier molecular flexibility index (Phi) is 9.06. The second-order valence-electron chi connectivity index (χ2n) is 2.85. The van der Waals surface area contributed by atoms with E-state index in [0.717, 1.165) is 5.92 Å². The van der Waals surface area contributed by atoms with Crippen LogP contribution in [0.5, 0.6) is 0 Å². The number of aliphatic hydroxyl groups is 1. The van der Waals surface area contributed by atoms with Crippen molar-refractivity contribution in [2.24, 2.45) is 0 Å². The van der Waals surface area contributed by atoms with Crippen LogP contribution in [-0.2, 0) is 17.1 Å². The van der Waals surface area contributed by atoms with Crippen LogP contribution in [-0.4, -0.2) is 11.7 Å². The summed E-state index contributed by atoms with van der Waals surface area (Å²) in [6.45, 7) is 2.16. The van der Waals surface area contributed by atoms with Crippen LogP contribution in [0, 0.1) is 63.2 Å². The molecule has 2 aliphatic rings. The number of hydrogen-bond donors (Lipinski definition) is 1. The van der Waals surface area contributed by atoms with Crippen molar-refractivity contribution in [3.8, 4) is 0 Å². The third-order valence-electron chi connectivity index (χ3n) is 1.88. The molecule has 0 atom stereocenters. The zero-order valence-corrected chi connectivity index (χ0v) is 9.23. The van der Waals surface area contributed by atoms with Gasteiger partial charge in [-0.1, -0.05) is 6.92 Å². The molecule has 1 N–H and O–H groups in total. The van der Waals surface area contributed by atoms with Crippen molar-refractivity contribution in [1.82, 2.24) is 0 Å². The van der Waals surface area contributed by atoms with E-state index in [1.807, 2.05) is 58.3 Å². The number of hydrogen-bond acceptors (Lipinski definition) is 1. The Hall–Kier alpha value is 0.479. The topological polar surface area (TPSA) is 20.2 Å². The summed E-state index contributed by atoms with van der Waals surface area (Å²) in [5.41, 5.74) is 0. The van der Waals surface area contributed by atoms with Crippen molar-refractivity contribution in [1.29, 1.82) is 0 Å². The van der Waals surface area contributed by atoms with Crippen LogP contribution in [0.25, 0.3) is 0 Å². The minimum atomic E-state index is 0. The van der Waals surface area contributed by atoms with Gasteiger partial charge in [-0.2, -0.15) is 0 Å². The van der Waals surface area contributed by atoms with Crippen LogP contribution in [0.3, 0.4) is 0 Å². The molecule has 2 heteroatoms. The van der Waals surface area contributed by atoms with Gasteiger partial charge in [0.05, 0.1) is 6.61 Å². The first kappa shape index (κ1) is 14.5. The number of rotatable bonds is 1. The Bertz CT molecular complexity index is 116. The van der Waals surface area contributed by atoms with Gasteiger partial charge in [-0.15, -0.1) is 0 Å². The molecule has 2 rings (SSSR count). The summed E-state index contributed by atoms with van der Waals surface area (Å²) in [5.74, 6) is 2.21. The molecule has 2 aliphatic carbocycles. The molecule has 0 unspecified atom stereocenters. The van der Waals surface area contributed by atoms with Crippen molar-refractivity contribution < 1.29 is 22.2 Å². The summed E-state index contributed by atoms with van der Waals surface area (Å²) in [7, 11) is 0. The smallest absolute Gasteiger partial charge is 0.396 e. The van der Waals surface area contributed by atoms with Crippen LogP contribution >= 0.6 is 0 Å². The molecule has 0 aliphatic heterocycles. The average molecular weight is 230 g/mol. The van der Waals surface area contributed by atoms with Crippen molar-refractivity contribution in [3.63, 3.8) is 0 Å². The summed E-state index contributed by atoms with van der Waals surface area (Å²) < 4.78 is 0. The molecule has 0 amide bonds. The van der Waals surface area contributed by atoms with E-state index in [-0.39, 0.29) is 23.7 Å². The Morgan fingerprint density at radius 3 is 1.64 bits per heavy atom. The van der Waals surface area contributed by atoms with Crippen molar-refractivity contribution in [2.75, 3.05) is 6.61 Å². The molecule has 0 aromatic heterocycles. The van der Waals surface area contributed by atoms with Crippen molar-refractivity contribution in [3.05, 3.63) is 63.2 Å². The molecule has 10 radical (unpaired) electrons. The molecule has 14 heavy (non-hydrogen) atoms. The van der Waals surface area contributed by atoms with E-state index in [1.165, 1.54) is 5.92 Å². The van der Waals surface area contributed by atoms with Crippen LogP contribution in [0.2, 0.25) is 0 Å². The summed E-state index contributed by atoms with van der Waals surface area (Å²) in [5, 5.41) is 8.61. The van der Waals surface area contributed by atoms with E-state index >= 15 is 0 Å². The summed E-state index contributed by atoms with van der Waals surface area (Å²) >= 11 is 0. The van der Waals surface area contributed by atoms with Gasteiger partial charge in [-0.25, -0.2) is 0 Å². The normalized spacial score (nSPS) is 22.7. The third-order valence-corrected chi connectivity index (χ3v) is 1.88. The Labute approximate surface area is 99.1 Å². The van der Waals surface area contributed by atoms with Crippen LogP contribution < -0.4 is 0 Å². The van der Waals surface area contributed by atoms with E-state index in [2.05, 4.69) is 0 Å². The summed E-state index contributed by atoms with van der Waals surface area (Å²) in [6, 6.07) is 0. The summed E-state index contributed by atoms with van der Waals surface area (Å²) in [4.78, 5) is 0. The predicted molar refractivity (Wildman–Crippen MR) is 53.6 cm³/mol. The first-order chi connectivity index (χ1) is 6.34. The third kappa shape index (κ3) is 5.38. The summed E-state index contributed by atoms with van der Waals surface area (Å²) in [6.07, 6.45) is 15.9. The fourth-order valence-electron chi connectivity index (χ4n) is 1.05. The fraction of sp³-hybridized carbons (Fsp3) is 0.167. The molecule has 0 aromatic rings. The molecular weight excluding hydrogens is 216 g/mol. The predicted octanol–water partition coefficient (Wildman–Crippen LogP) is 1.79. The Morgan fingerprint density at radius 2 is 1.43 bits per heavy atom. The van der Waals surface area contributed by atoms with E-state index < -0.39 is 0 Å². The van der Waals surface area contributed by atoms with Gasteiger partial charge in [0, 0.05) is 5.92 Å². The SMILES string of the molecule is C[C]1[CH][CH][CH][C]1CO.[CH]1[CH][CH][CH][CH]1.[Fe+2]. The molecule has 74 valence electrons. The second kappa shape index (κ2) is 8.76. The number of aliphatic hydroxyl groups excluding tert-OH is 1. The minimum Gasteiger partial charge on any atom is -0.396 e. The van der Waals surface area contributed by atoms with E-state index in [9.17, 15) is 0 Å². The zero-order valence-electron chi connectivity index (χ0n) is 8.13. The van der Waals surface area contributed by atoms with Gasteiger partial charge in [0.25, 0.3) is 0 Å². The van der Waals surface area contributed by atoms with E-state index in [4.69, 9.17) is 5.11 Å². The molecular formula is C12H14FeO+2. The molecule has 0 saturated heterocycles. The molecule has 0 heterocycles. The molecule has 2 saturated carbocycles. The maximum absolute atomic E-state index is 8.61. The van der Waals surface area contributed by atoms with Crippen molar-refractivity contribution in [2.45, 2.75) is 6.92 Å². The monoisotopic (exact) mass is 230 g/mol. The molecule has 0 bridgehead atoms. The van der Waals surface area contributed by atoms with Gasteiger partial charge in [-0.05, 0) is 57.3 Å². The molecule has 1 nitrogen and oxygen atoms in total. The molecule has 0 aromatic carbocycles. The maximum atomic E-state index is 8.61. The standard InChI is InChI=1S/C7H9O.C5H5.Fe/c1-6-3-2-4-7(6)5-8;1-2-4-5-3-1;/h2-4,8H,5H2,1H3;1-5H;/q;;+2. The van der Waals surface area contributed by atoms with Crippen LogP contribution in [0.4, 0.5) is 0 Å². The largest absolute Gasteiger partial charge is 2.00 e. The Balaban J connectivity index is 0.000000246. The molecule has 2 fully saturated rings.